The van der Waals surface area contributed by atoms with Crippen molar-refractivity contribution in [2.75, 3.05) is 5.75 Å². The standard InChI is InChI=1S/C13H19NO3S/c1-3-11(2)14-13(15)10-18(16,17)9-12-7-5-4-6-8-12/h4-8,11H,3,9-10H2,1-2H3,(H,14,15). The van der Waals surface area contributed by atoms with Crippen LogP contribution in [0.4, 0.5) is 0 Å². The summed E-state index contributed by atoms with van der Waals surface area (Å²) in [5, 5.41) is 2.65. The van der Waals surface area contributed by atoms with Crippen LogP contribution < -0.4 is 5.32 Å². The smallest absolute Gasteiger partial charge is 0.235 e. The van der Waals surface area contributed by atoms with Crippen LogP contribution in [0.15, 0.2) is 30.3 Å². The number of nitrogens with one attached hydrogen (secondary N) is 1. The van der Waals surface area contributed by atoms with Gasteiger partial charge in [-0.2, -0.15) is 0 Å². The fourth-order valence-electron chi connectivity index (χ4n) is 1.50. The second kappa shape index (κ2) is 6.54. The zero-order chi connectivity index (χ0) is 13.6. The van der Waals surface area contributed by atoms with Crippen molar-refractivity contribution < 1.29 is 13.2 Å². The quantitative estimate of drug-likeness (QED) is 0.851. The monoisotopic (exact) mass is 269 g/mol. The molecule has 5 heteroatoms. The summed E-state index contributed by atoms with van der Waals surface area (Å²) in [6, 6.07) is 8.87. The van der Waals surface area contributed by atoms with Crippen molar-refractivity contribution in [3.8, 4) is 0 Å². The van der Waals surface area contributed by atoms with E-state index in [9.17, 15) is 13.2 Å². The van der Waals surface area contributed by atoms with Gasteiger partial charge in [0.15, 0.2) is 9.84 Å². The molecule has 0 radical (unpaired) electrons. The van der Waals surface area contributed by atoms with Crippen molar-refractivity contribution in [2.24, 2.45) is 0 Å². The molecule has 18 heavy (non-hydrogen) atoms. The Hall–Kier alpha value is -1.36. The molecule has 0 aliphatic heterocycles. The predicted octanol–water partition coefficient (Wildman–Crippen LogP) is 1.52. The maximum absolute atomic E-state index is 11.8. The molecule has 0 aromatic heterocycles. The van der Waals surface area contributed by atoms with E-state index in [2.05, 4.69) is 5.32 Å². The molecular weight excluding hydrogens is 250 g/mol. The van der Waals surface area contributed by atoms with Gasteiger partial charge in [-0.15, -0.1) is 0 Å². The van der Waals surface area contributed by atoms with Gasteiger partial charge in [0.25, 0.3) is 0 Å². The Morgan fingerprint density at radius 1 is 1.28 bits per heavy atom. The minimum Gasteiger partial charge on any atom is -0.353 e. The Morgan fingerprint density at radius 3 is 2.44 bits per heavy atom. The lowest BCUT2D eigenvalue weighted by Crippen LogP contribution is -2.36. The van der Waals surface area contributed by atoms with E-state index in [1.807, 2.05) is 19.9 Å². The fraction of sp³-hybridized carbons (Fsp3) is 0.462. The van der Waals surface area contributed by atoms with Crippen molar-refractivity contribution in [1.82, 2.24) is 5.32 Å². The van der Waals surface area contributed by atoms with Crippen LogP contribution in [0.3, 0.4) is 0 Å². The van der Waals surface area contributed by atoms with Gasteiger partial charge >= 0.3 is 0 Å². The molecular formula is C13H19NO3S. The van der Waals surface area contributed by atoms with Crippen molar-refractivity contribution in [1.29, 1.82) is 0 Å². The zero-order valence-electron chi connectivity index (χ0n) is 10.7. The molecule has 0 heterocycles. The molecule has 1 aromatic carbocycles. The number of carbonyl (C=O) groups excluding carboxylic acids is 1. The lowest BCUT2D eigenvalue weighted by Gasteiger charge is -2.11. The molecule has 0 fully saturated rings. The number of benzene rings is 1. The Morgan fingerprint density at radius 2 is 1.89 bits per heavy atom. The summed E-state index contributed by atoms with van der Waals surface area (Å²) in [5.41, 5.74) is 0.703. The third kappa shape index (κ3) is 5.31. The molecule has 1 N–H and O–H groups in total. The Labute approximate surface area is 108 Å². The number of sulfone groups is 1. The average Bonchev–Trinajstić information content (AvgIpc) is 2.28. The molecule has 1 aromatic rings. The lowest BCUT2D eigenvalue weighted by atomic mass is 10.2. The third-order valence-electron chi connectivity index (χ3n) is 2.60. The maximum atomic E-state index is 11.8. The molecule has 1 unspecified atom stereocenters. The summed E-state index contributed by atoms with van der Waals surface area (Å²) in [7, 11) is -3.40. The number of amides is 1. The lowest BCUT2D eigenvalue weighted by molar-refractivity contribution is -0.119. The minimum absolute atomic E-state index is 0.00410. The summed E-state index contributed by atoms with van der Waals surface area (Å²) in [5.74, 6) is -0.978. The van der Waals surface area contributed by atoms with Crippen LogP contribution in [-0.4, -0.2) is 26.1 Å². The zero-order valence-corrected chi connectivity index (χ0v) is 11.5. The average molecular weight is 269 g/mol. The highest BCUT2D eigenvalue weighted by Gasteiger charge is 2.18. The van der Waals surface area contributed by atoms with E-state index in [0.29, 0.717) is 5.56 Å². The van der Waals surface area contributed by atoms with Crippen molar-refractivity contribution in [3.63, 3.8) is 0 Å². The summed E-state index contributed by atoms with van der Waals surface area (Å²) in [6.07, 6.45) is 0.782. The number of hydrogen-bond acceptors (Lipinski definition) is 3. The highest BCUT2D eigenvalue weighted by atomic mass is 32.2. The summed E-state index contributed by atoms with van der Waals surface area (Å²) in [4.78, 5) is 11.5. The molecule has 1 amide bonds. The topological polar surface area (TPSA) is 63.2 Å². The van der Waals surface area contributed by atoms with Gasteiger partial charge < -0.3 is 5.32 Å². The Balaban J connectivity index is 2.58. The molecule has 0 aliphatic carbocycles. The summed E-state index contributed by atoms with van der Waals surface area (Å²) >= 11 is 0. The van der Waals surface area contributed by atoms with E-state index in [-0.39, 0.29) is 11.8 Å². The second-order valence-electron chi connectivity index (χ2n) is 4.39. The van der Waals surface area contributed by atoms with Crippen LogP contribution in [0.2, 0.25) is 0 Å². The first-order valence-electron chi connectivity index (χ1n) is 5.96. The van der Waals surface area contributed by atoms with E-state index in [1.165, 1.54) is 0 Å². The summed E-state index contributed by atoms with van der Waals surface area (Å²) in [6.45, 7) is 3.78. The molecule has 0 saturated carbocycles. The van der Waals surface area contributed by atoms with E-state index >= 15 is 0 Å². The maximum Gasteiger partial charge on any atom is 0.235 e. The van der Waals surface area contributed by atoms with Crippen LogP contribution in [0.25, 0.3) is 0 Å². The van der Waals surface area contributed by atoms with Gasteiger partial charge in [-0.3, -0.25) is 4.79 Å². The van der Waals surface area contributed by atoms with Gasteiger partial charge in [-0.25, -0.2) is 8.42 Å². The van der Waals surface area contributed by atoms with Crippen molar-refractivity contribution >= 4 is 15.7 Å². The van der Waals surface area contributed by atoms with Gasteiger partial charge in [0.05, 0.1) is 5.75 Å². The van der Waals surface area contributed by atoms with Gasteiger partial charge in [0.1, 0.15) is 5.75 Å². The third-order valence-corrected chi connectivity index (χ3v) is 4.08. The van der Waals surface area contributed by atoms with Crippen molar-refractivity contribution in [3.05, 3.63) is 35.9 Å². The molecule has 0 aliphatic rings. The van der Waals surface area contributed by atoms with E-state index < -0.39 is 21.5 Å². The van der Waals surface area contributed by atoms with Crippen LogP contribution in [-0.2, 0) is 20.4 Å². The van der Waals surface area contributed by atoms with Gasteiger partial charge in [-0.05, 0) is 18.9 Å². The van der Waals surface area contributed by atoms with Crippen LogP contribution in [0.5, 0.6) is 0 Å². The number of rotatable bonds is 6. The first-order valence-corrected chi connectivity index (χ1v) is 7.79. The summed E-state index contributed by atoms with van der Waals surface area (Å²) < 4.78 is 23.6. The van der Waals surface area contributed by atoms with E-state index in [0.717, 1.165) is 6.42 Å². The largest absolute Gasteiger partial charge is 0.353 e. The first kappa shape index (κ1) is 14.7. The normalized spacial score (nSPS) is 13.0. The number of carbonyl (C=O) groups is 1. The Kier molecular flexibility index (Phi) is 5.34. The van der Waals surface area contributed by atoms with Gasteiger partial charge in [0, 0.05) is 6.04 Å². The van der Waals surface area contributed by atoms with Crippen LogP contribution >= 0.6 is 0 Å². The second-order valence-corrected chi connectivity index (χ2v) is 6.46. The van der Waals surface area contributed by atoms with Crippen molar-refractivity contribution in [2.45, 2.75) is 32.1 Å². The molecule has 100 valence electrons. The molecule has 0 spiro atoms. The highest BCUT2D eigenvalue weighted by Crippen LogP contribution is 2.06. The molecule has 0 bridgehead atoms. The van der Waals surface area contributed by atoms with Crippen LogP contribution in [0.1, 0.15) is 25.8 Å². The molecule has 4 nitrogen and oxygen atoms in total. The Bertz CT molecular complexity index is 482. The highest BCUT2D eigenvalue weighted by molar-refractivity contribution is 7.91. The number of hydrogen-bond donors (Lipinski definition) is 1. The van der Waals surface area contributed by atoms with Gasteiger partial charge in [-0.1, -0.05) is 37.3 Å². The molecule has 1 atom stereocenters. The molecule has 0 saturated heterocycles. The van der Waals surface area contributed by atoms with E-state index in [4.69, 9.17) is 0 Å². The fourth-order valence-corrected chi connectivity index (χ4v) is 2.78. The molecule has 1 rings (SSSR count). The van der Waals surface area contributed by atoms with Crippen LogP contribution in [0, 0.1) is 0 Å². The predicted molar refractivity (Wildman–Crippen MR) is 71.8 cm³/mol. The minimum atomic E-state index is -3.40. The SMILES string of the molecule is CCC(C)NC(=O)CS(=O)(=O)Cc1ccccc1. The van der Waals surface area contributed by atoms with E-state index in [1.54, 1.807) is 24.3 Å². The first-order chi connectivity index (χ1) is 8.43. The van der Waals surface area contributed by atoms with Gasteiger partial charge in [0.2, 0.25) is 5.91 Å².